The Kier molecular flexibility index (Phi) is 4.67. The summed E-state index contributed by atoms with van der Waals surface area (Å²) in [5.41, 5.74) is 1.98. The number of rotatable bonds is 5. The van der Waals surface area contributed by atoms with Crippen molar-refractivity contribution in [3.05, 3.63) is 42.0 Å². The number of hydrogen-bond acceptors (Lipinski definition) is 3. The molecule has 1 atom stereocenters. The van der Waals surface area contributed by atoms with Crippen molar-refractivity contribution in [1.29, 1.82) is 0 Å². The molecule has 0 spiro atoms. The molecule has 0 aromatic heterocycles. The summed E-state index contributed by atoms with van der Waals surface area (Å²) in [5, 5.41) is 5.13. The van der Waals surface area contributed by atoms with E-state index in [4.69, 9.17) is 5.14 Å². The minimum absolute atomic E-state index is 0.100. The van der Waals surface area contributed by atoms with E-state index in [1.807, 2.05) is 27.0 Å². The topological polar surface area (TPSA) is 63.4 Å². The molecule has 0 bridgehead atoms. The van der Waals surface area contributed by atoms with Crippen molar-refractivity contribution in [2.75, 3.05) is 13.6 Å². The summed E-state index contributed by atoms with van der Waals surface area (Å²) in [6, 6.07) is 6.83. The van der Waals surface area contributed by atoms with Gasteiger partial charge in [-0.15, -0.1) is 0 Å². The van der Waals surface area contributed by atoms with E-state index in [1.165, 1.54) is 6.07 Å². The molecular weight excluding hydrogens is 248 g/mol. The third-order valence-electron chi connectivity index (χ3n) is 2.85. The second-order valence-corrected chi connectivity index (χ2v) is 6.23. The molecule has 2 N–H and O–H groups in total. The van der Waals surface area contributed by atoms with E-state index in [2.05, 4.69) is 11.5 Å². The molecule has 0 aliphatic carbocycles. The SMILES string of the molecule is C=C(C)CN(C)C(C)c1cccc(S(N)(=O)=O)c1. The zero-order chi connectivity index (χ0) is 13.9. The van der Waals surface area contributed by atoms with Crippen LogP contribution in [0.5, 0.6) is 0 Å². The van der Waals surface area contributed by atoms with E-state index in [-0.39, 0.29) is 10.9 Å². The van der Waals surface area contributed by atoms with Crippen molar-refractivity contribution < 1.29 is 8.42 Å². The summed E-state index contributed by atoms with van der Waals surface area (Å²) < 4.78 is 22.6. The maximum atomic E-state index is 11.3. The molecule has 0 radical (unpaired) electrons. The Bertz CT molecular complexity index is 538. The molecule has 18 heavy (non-hydrogen) atoms. The molecule has 0 aliphatic rings. The molecule has 0 saturated carbocycles. The van der Waals surface area contributed by atoms with Gasteiger partial charge in [0.25, 0.3) is 0 Å². The lowest BCUT2D eigenvalue weighted by molar-refractivity contribution is 0.283. The van der Waals surface area contributed by atoms with Crippen LogP contribution in [0, 0.1) is 0 Å². The van der Waals surface area contributed by atoms with Crippen molar-refractivity contribution in [3.8, 4) is 0 Å². The lowest BCUT2D eigenvalue weighted by Gasteiger charge is -2.25. The summed E-state index contributed by atoms with van der Waals surface area (Å²) in [6.07, 6.45) is 0. The van der Waals surface area contributed by atoms with Crippen LogP contribution >= 0.6 is 0 Å². The van der Waals surface area contributed by atoms with Crippen molar-refractivity contribution in [3.63, 3.8) is 0 Å². The second kappa shape index (κ2) is 5.65. The molecule has 0 amide bonds. The molecule has 4 nitrogen and oxygen atoms in total. The number of benzene rings is 1. The van der Waals surface area contributed by atoms with Crippen molar-refractivity contribution in [2.24, 2.45) is 5.14 Å². The van der Waals surface area contributed by atoms with Crippen LogP contribution in [0.15, 0.2) is 41.3 Å². The fraction of sp³-hybridized carbons (Fsp3) is 0.385. The van der Waals surface area contributed by atoms with Gasteiger partial charge < -0.3 is 0 Å². The Labute approximate surface area is 109 Å². The van der Waals surface area contributed by atoms with Crippen LogP contribution in [0.25, 0.3) is 0 Å². The van der Waals surface area contributed by atoms with Crippen LogP contribution < -0.4 is 5.14 Å². The molecule has 0 saturated heterocycles. The number of hydrogen-bond donors (Lipinski definition) is 1. The van der Waals surface area contributed by atoms with Gasteiger partial charge in [-0.2, -0.15) is 0 Å². The highest BCUT2D eigenvalue weighted by molar-refractivity contribution is 7.89. The van der Waals surface area contributed by atoms with Gasteiger partial charge in [0, 0.05) is 12.6 Å². The predicted octanol–water partition coefficient (Wildman–Crippen LogP) is 1.90. The molecular formula is C13H20N2O2S. The highest BCUT2D eigenvalue weighted by Crippen LogP contribution is 2.21. The average molecular weight is 268 g/mol. The third kappa shape index (κ3) is 3.94. The fourth-order valence-electron chi connectivity index (χ4n) is 1.77. The predicted molar refractivity (Wildman–Crippen MR) is 73.7 cm³/mol. The van der Waals surface area contributed by atoms with Gasteiger partial charge in [-0.25, -0.2) is 13.6 Å². The van der Waals surface area contributed by atoms with Gasteiger partial charge in [-0.1, -0.05) is 24.3 Å². The van der Waals surface area contributed by atoms with Gasteiger partial charge in [0.05, 0.1) is 4.90 Å². The normalized spacial score (nSPS) is 13.6. The van der Waals surface area contributed by atoms with Crippen LogP contribution in [-0.4, -0.2) is 26.9 Å². The average Bonchev–Trinajstić information content (AvgIpc) is 2.26. The Morgan fingerprint density at radius 2 is 2.11 bits per heavy atom. The van der Waals surface area contributed by atoms with Gasteiger partial charge in [0.2, 0.25) is 10.0 Å². The van der Waals surface area contributed by atoms with Crippen LogP contribution in [0.3, 0.4) is 0 Å². The maximum absolute atomic E-state index is 11.3. The number of likely N-dealkylation sites (N-methyl/N-ethyl adjacent to an activating group) is 1. The highest BCUT2D eigenvalue weighted by Gasteiger charge is 2.14. The summed E-state index contributed by atoms with van der Waals surface area (Å²) in [4.78, 5) is 2.25. The molecule has 0 heterocycles. The first kappa shape index (κ1) is 14.9. The summed E-state index contributed by atoms with van der Waals surface area (Å²) in [5.74, 6) is 0. The van der Waals surface area contributed by atoms with Crippen LogP contribution in [0.1, 0.15) is 25.5 Å². The highest BCUT2D eigenvalue weighted by atomic mass is 32.2. The minimum atomic E-state index is -3.64. The summed E-state index contributed by atoms with van der Waals surface area (Å²) in [7, 11) is -1.67. The zero-order valence-electron chi connectivity index (χ0n) is 11.1. The van der Waals surface area contributed by atoms with E-state index < -0.39 is 10.0 Å². The Hall–Kier alpha value is -1.17. The first-order chi connectivity index (χ1) is 8.21. The van der Waals surface area contributed by atoms with E-state index >= 15 is 0 Å². The number of sulfonamides is 1. The van der Waals surface area contributed by atoms with Crippen LogP contribution in [0.2, 0.25) is 0 Å². The van der Waals surface area contributed by atoms with Crippen molar-refractivity contribution in [1.82, 2.24) is 4.90 Å². The lowest BCUT2D eigenvalue weighted by Crippen LogP contribution is -2.24. The number of nitrogens with two attached hydrogens (primary N) is 1. The fourth-order valence-corrected chi connectivity index (χ4v) is 2.34. The quantitative estimate of drug-likeness (QED) is 0.830. The summed E-state index contributed by atoms with van der Waals surface area (Å²) >= 11 is 0. The molecule has 100 valence electrons. The number of primary sulfonamides is 1. The number of nitrogens with zero attached hydrogens (tertiary/aromatic N) is 1. The van der Waals surface area contributed by atoms with E-state index in [9.17, 15) is 8.42 Å². The molecule has 1 aromatic rings. The monoisotopic (exact) mass is 268 g/mol. The van der Waals surface area contributed by atoms with Crippen LogP contribution in [-0.2, 0) is 10.0 Å². The summed E-state index contributed by atoms with van der Waals surface area (Å²) in [6.45, 7) is 8.62. The van der Waals surface area contributed by atoms with Crippen LogP contribution in [0.4, 0.5) is 0 Å². The van der Waals surface area contributed by atoms with Gasteiger partial charge in [0.15, 0.2) is 0 Å². The van der Waals surface area contributed by atoms with Gasteiger partial charge in [-0.3, -0.25) is 4.90 Å². The largest absolute Gasteiger partial charge is 0.296 e. The Morgan fingerprint density at radius 3 is 2.61 bits per heavy atom. The van der Waals surface area contributed by atoms with Gasteiger partial charge in [0.1, 0.15) is 0 Å². The van der Waals surface area contributed by atoms with Gasteiger partial charge >= 0.3 is 0 Å². The van der Waals surface area contributed by atoms with Crippen molar-refractivity contribution in [2.45, 2.75) is 24.8 Å². The minimum Gasteiger partial charge on any atom is -0.296 e. The smallest absolute Gasteiger partial charge is 0.238 e. The van der Waals surface area contributed by atoms with Gasteiger partial charge in [-0.05, 0) is 38.6 Å². The van der Waals surface area contributed by atoms with E-state index in [0.717, 1.165) is 17.7 Å². The Balaban J connectivity index is 3.00. The lowest BCUT2D eigenvalue weighted by atomic mass is 10.1. The molecule has 1 aromatic carbocycles. The third-order valence-corrected chi connectivity index (χ3v) is 3.76. The maximum Gasteiger partial charge on any atom is 0.238 e. The molecule has 0 fully saturated rings. The van der Waals surface area contributed by atoms with E-state index in [0.29, 0.717) is 0 Å². The molecule has 1 unspecified atom stereocenters. The van der Waals surface area contributed by atoms with Crippen molar-refractivity contribution >= 4 is 10.0 Å². The molecule has 1 rings (SSSR count). The Morgan fingerprint density at radius 1 is 1.50 bits per heavy atom. The zero-order valence-corrected chi connectivity index (χ0v) is 11.9. The molecule has 0 aliphatic heterocycles. The standard InChI is InChI=1S/C13H20N2O2S/c1-10(2)9-15(4)11(3)12-6-5-7-13(8-12)18(14,16)17/h5-8,11H,1,9H2,2-4H3,(H2,14,16,17). The first-order valence-electron chi connectivity index (χ1n) is 5.69. The molecule has 5 heteroatoms. The second-order valence-electron chi connectivity index (χ2n) is 4.67. The van der Waals surface area contributed by atoms with E-state index in [1.54, 1.807) is 12.1 Å². The first-order valence-corrected chi connectivity index (χ1v) is 7.24.